The van der Waals surface area contributed by atoms with E-state index in [1.807, 2.05) is 6.07 Å². The molecule has 1 aromatic heterocycles. The molecule has 1 heterocycles. The summed E-state index contributed by atoms with van der Waals surface area (Å²) in [5, 5.41) is 11.5. The van der Waals surface area contributed by atoms with Crippen LogP contribution in [0, 0.1) is 11.3 Å². The Bertz CT molecular complexity index is 666. The summed E-state index contributed by atoms with van der Waals surface area (Å²) in [6.45, 7) is 0. The number of carbonyl (C=O) groups excluding carboxylic acids is 1. The second-order valence-corrected chi connectivity index (χ2v) is 4.96. The summed E-state index contributed by atoms with van der Waals surface area (Å²) in [5.74, 6) is 0.0895. The predicted octanol–water partition coefficient (Wildman–Crippen LogP) is 2.27. The van der Waals surface area contributed by atoms with Gasteiger partial charge in [-0.1, -0.05) is 6.07 Å². The summed E-state index contributed by atoms with van der Waals surface area (Å²) in [4.78, 5) is 16.5. The average molecular weight is 284 g/mol. The van der Waals surface area contributed by atoms with Crippen molar-refractivity contribution in [3.63, 3.8) is 0 Å². The van der Waals surface area contributed by atoms with Crippen LogP contribution >= 0.6 is 11.8 Å². The van der Waals surface area contributed by atoms with Crippen molar-refractivity contribution in [2.45, 2.75) is 4.90 Å². The number of aromatic nitrogens is 1. The number of nitrogen functional groups attached to an aromatic ring is 1. The fourth-order valence-corrected chi connectivity index (χ4v) is 2.27. The standard InChI is InChI=1S/C14H12N4OS/c15-7-10-2-1-3-11(6-10)18-14(19)9-20-13-4-5-17-8-12(13)16/h1-6,8H,9,16H2,(H,18,19). The number of nitrogens with zero attached hydrogens (tertiary/aromatic N) is 2. The first kappa shape index (κ1) is 13.9. The topological polar surface area (TPSA) is 91.8 Å². The van der Waals surface area contributed by atoms with Crippen LogP contribution in [-0.2, 0) is 4.79 Å². The van der Waals surface area contributed by atoms with Crippen molar-refractivity contribution in [1.82, 2.24) is 4.98 Å². The summed E-state index contributed by atoms with van der Waals surface area (Å²) >= 11 is 1.34. The van der Waals surface area contributed by atoms with Crippen LogP contribution < -0.4 is 11.1 Å². The summed E-state index contributed by atoms with van der Waals surface area (Å²) in [5.41, 5.74) is 7.42. The lowest BCUT2D eigenvalue weighted by atomic mass is 10.2. The van der Waals surface area contributed by atoms with E-state index < -0.39 is 0 Å². The Hall–Kier alpha value is -2.52. The van der Waals surface area contributed by atoms with E-state index in [1.165, 1.54) is 11.8 Å². The number of hydrogen-bond acceptors (Lipinski definition) is 5. The van der Waals surface area contributed by atoms with E-state index in [-0.39, 0.29) is 11.7 Å². The van der Waals surface area contributed by atoms with E-state index in [0.717, 1.165) is 4.90 Å². The molecule has 100 valence electrons. The normalized spacial score (nSPS) is 9.75. The maximum Gasteiger partial charge on any atom is 0.234 e. The third-order valence-corrected chi connectivity index (χ3v) is 3.53. The van der Waals surface area contributed by atoms with E-state index in [4.69, 9.17) is 11.0 Å². The molecule has 0 fully saturated rings. The lowest BCUT2D eigenvalue weighted by Crippen LogP contribution is -2.14. The molecule has 5 nitrogen and oxygen atoms in total. The van der Waals surface area contributed by atoms with E-state index in [1.54, 1.807) is 42.7 Å². The molecule has 0 spiro atoms. The van der Waals surface area contributed by atoms with Crippen LogP contribution in [0.4, 0.5) is 11.4 Å². The first-order valence-corrected chi connectivity index (χ1v) is 6.80. The number of pyridine rings is 1. The van der Waals surface area contributed by atoms with Crippen molar-refractivity contribution in [3.8, 4) is 6.07 Å². The molecule has 2 aromatic rings. The molecule has 0 aliphatic heterocycles. The first-order chi connectivity index (χ1) is 9.69. The number of anilines is 2. The average Bonchev–Trinajstić information content (AvgIpc) is 2.46. The fourth-order valence-electron chi connectivity index (χ4n) is 1.53. The Kier molecular flexibility index (Phi) is 4.58. The molecule has 3 N–H and O–H groups in total. The monoisotopic (exact) mass is 284 g/mol. The van der Waals surface area contributed by atoms with Crippen LogP contribution in [0.5, 0.6) is 0 Å². The van der Waals surface area contributed by atoms with Crippen molar-refractivity contribution >= 4 is 29.0 Å². The van der Waals surface area contributed by atoms with E-state index in [0.29, 0.717) is 16.9 Å². The van der Waals surface area contributed by atoms with E-state index in [2.05, 4.69) is 10.3 Å². The molecule has 6 heteroatoms. The van der Waals surface area contributed by atoms with Crippen LogP contribution in [0.25, 0.3) is 0 Å². The van der Waals surface area contributed by atoms with Gasteiger partial charge in [0, 0.05) is 16.8 Å². The molecular formula is C14H12N4OS. The highest BCUT2D eigenvalue weighted by Gasteiger charge is 2.06. The van der Waals surface area contributed by atoms with E-state index in [9.17, 15) is 4.79 Å². The quantitative estimate of drug-likeness (QED) is 0.840. The zero-order chi connectivity index (χ0) is 14.4. The summed E-state index contributed by atoms with van der Waals surface area (Å²) < 4.78 is 0. The van der Waals surface area contributed by atoms with Gasteiger partial charge in [-0.25, -0.2) is 0 Å². The SMILES string of the molecule is N#Cc1cccc(NC(=O)CSc2ccncc2N)c1. The minimum atomic E-state index is -0.152. The molecule has 0 unspecified atom stereocenters. The smallest absolute Gasteiger partial charge is 0.234 e. The number of nitrogens with one attached hydrogen (secondary N) is 1. The van der Waals surface area contributed by atoms with Crippen LogP contribution in [-0.4, -0.2) is 16.6 Å². The largest absolute Gasteiger partial charge is 0.397 e. The molecule has 0 aliphatic carbocycles. The van der Waals surface area contributed by atoms with Gasteiger partial charge in [-0.05, 0) is 24.3 Å². The Morgan fingerprint density at radius 2 is 2.30 bits per heavy atom. The van der Waals surface area contributed by atoms with Crippen molar-refractivity contribution in [3.05, 3.63) is 48.3 Å². The van der Waals surface area contributed by atoms with Crippen LogP contribution in [0.15, 0.2) is 47.6 Å². The van der Waals surface area contributed by atoms with Gasteiger partial charge in [0.05, 0.1) is 29.3 Å². The van der Waals surface area contributed by atoms with Crippen LogP contribution in [0.2, 0.25) is 0 Å². The molecule has 0 atom stereocenters. The number of thioether (sulfide) groups is 1. The third kappa shape index (κ3) is 3.73. The highest BCUT2D eigenvalue weighted by Crippen LogP contribution is 2.23. The first-order valence-electron chi connectivity index (χ1n) is 5.81. The van der Waals surface area contributed by atoms with Gasteiger partial charge in [0.1, 0.15) is 0 Å². The Labute approximate surface area is 120 Å². The van der Waals surface area contributed by atoms with Gasteiger partial charge in [0.25, 0.3) is 0 Å². The molecule has 0 aliphatic rings. The lowest BCUT2D eigenvalue weighted by molar-refractivity contribution is -0.113. The zero-order valence-corrected chi connectivity index (χ0v) is 11.4. The number of carbonyl (C=O) groups is 1. The Balaban J connectivity index is 1.93. The molecule has 20 heavy (non-hydrogen) atoms. The number of nitriles is 1. The summed E-state index contributed by atoms with van der Waals surface area (Å²) in [6.07, 6.45) is 3.18. The van der Waals surface area contributed by atoms with Gasteiger partial charge in [-0.2, -0.15) is 5.26 Å². The second kappa shape index (κ2) is 6.59. The second-order valence-electron chi connectivity index (χ2n) is 3.94. The number of rotatable bonds is 4. The Morgan fingerprint density at radius 1 is 1.45 bits per heavy atom. The molecule has 2 rings (SSSR count). The molecule has 1 aromatic carbocycles. The molecular weight excluding hydrogens is 272 g/mol. The van der Waals surface area contributed by atoms with Crippen molar-refractivity contribution < 1.29 is 4.79 Å². The highest BCUT2D eigenvalue weighted by molar-refractivity contribution is 8.00. The van der Waals surface area contributed by atoms with Gasteiger partial charge >= 0.3 is 0 Å². The maximum absolute atomic E-state index is 11.8. The Morgan fingerprint density at radius 3 is 3.05 bits per heavy atom. The van der Waals surface area contributed by atoms with Gasteiger partial charge in [0.2, 0.25) is 5.91 Å². The van der Waals surface area contributed by atoms with Crippen LogP contribution in [0.3, 0.4) is 0 Å². The van der Waals surface area contributed by atoms with Gasteiger partial charge in [-0.15, -0.1) is 11.8 Å². The molecule has 0 saturated heterocycles. The van der Waals surface area contributed by atoms with Crippen molar-refractivity contribution in [1.29, 1.82) is 5.26 Å². The summed E-state index contributed by atoms with van der Waals surface area (Å²) in [7, 11) is 0. The summed E-state index contributed by atoms with van der Waals surface area (Å²) in [6, 6.07) is 10.6. The number of nitrogens with two attached hydrogens (primary N) is 1. The van der Waals surface area contributed by atoms with Gasteiger partial charge in [0.15, 0.2) is 0 Å². The van der Waals surface area contributed by atoms with Crippen molar-refractivity contribution in [2.24, 2.45) is 0 Å². The van der Waals surface area contributed by atoms with Gasteiger partial charge < -0.3 is 11.1 Å². The molecule has 1 amide bonds. The fraction of sp³-hybridized carbons (Fsp3) is 0.0714. The predicted molar refractivity (Wildman–Crippen MR) is 79.2 cm³/mol. The lowest BCUT2D eigenvalue weighted by Gasteiger charge is -2.06. The van der Waals surface area contributed by atoms with E-state index >= 15 is 0 Å². The third-order valence-electron chi connectivity index (χ3n) is 2.44. The number of amides is 1. The highest BCUT2D eigenvalue weighted by atomic mass is 32.2. The minimum Gasteiger partial charge on any atom is -0.397 e. The zero-order valence-electron chi connectivity index (χ0n) is 10.5. The minimum absolute atomic E-state index is 0.152. The van der Waals surface area contributed by atoms with Crippen LogP contribution in [0.1, 0.15) is 5.56 Å². The van der Waals surface area contributed by atoms with Crippen molar-refractivity contribution in [2.75, 3.05) is 16.8 Å². The molecule has 0 saturated carbocycles. The number of benzene rings is 1. The van der Waals surface area contributed by atoms with Gasteiger partial charge in [-0.3, -0.25) is 9.78 Å². The maximum atomic E-state index is 11.8. The molecule has 0 radical (unpaired) electrons. The molecule has 0 bridgehead atoms. The number of hydrogen-bond donors (Lipinski definition) is 2.